The first-order valence-electron chi connectivity index (χ1n) is 11.0. The molecule has 0 saturated carbocycles. The van der Waals surface area contributed by atoms with Crippen LogP contribution < -0.4 is 16.0 Å². The van der Waals surface area contributed by atoms with E-state index in [-0.39, 0.29) is 0 Å². The molecule has 4 aromatic rings. The fraction of sp³-hybridized carbons (Fsp3) is 0.364. The third-order valence-electron chi connectivity index (χ3n) is 4.88. The number of aromatic nitrogens is 4. The lowest BCUT2D eigenvalue weighted by Crippen LogP contribution is -2.28. The molecular weight excluding hydrogens is 454 g/mol. The number of benzene rings is 1. The van der Waals surface area contributed by atoms with Crippen molar-refractivity contribution in [1.82, 2.24) is 25.1 Å². The minimum Gasteiger partial charge on any atom is -0.465 e. The molecule has 0 aliphatic rings. The van der Waals surface area contributed by atoms with Gasteiger partial charge in [-0.25, -0.2) is 14.5 Å². The predicted molar refractivity (Wildman–Crippen MR) is 133 cm³/mol. The van der Waals surface area contributed by atoms with Gasteiger partial charge in [-0.1, -0.05) is 19.6 Å². The molecule has 0 aliphatic heterocycles. The number of nitrogens with zero attached hydrogens (tertiary/aromatic N) is 4. The van der Waals surface area contributed by atoms with E-state index in [0.29, 0.717) is 49.1 Å². The number of rotatable bonds is 11. The molecule has 0 atom stereocenters. The van der Waals surface area contributed by atoms with E-state index >= 15 is 0 Å². The van der Waals surface area contributed by atoms with Gasteiger partial charge in [0.05, 0.1) is 26.1 Å². The number of ether oxygens (including phenoxy) is 1. The van der Waals surface area contributed by atoms with Gasteiger partial charge in [0.25, 0.3) is 0 Å². The molecule has 4 rings (SSSR count). The van der Waals surface area contributed by atoms with E-state index < -0.39 is 14.2 Å². The SMILES string of the molecule is C[Si](C)(C)COCn1ncc2ccc(Nc3nc(NCCCNC(=O)O)c4occc4n3)cc21. The zero-order valence-corrected chi connectivity index (χ0v) is 20.5. The molecule has 4 N–H and O–H groups in total. The maximum absolute atomic E-state index is 10.6. The van der Waals surface area contributed by atoms with E-state index in [1.165, 1.54) is 0 Å². The number of furan rings is 1. The van der Waals surface area contributed by atoms with Crippen molar-refractivity contribution in [2.75, 3.05) is 30.0 Å². The molecule has 1 amide bonds. The third kappa shape index (κ3) is 6.02. The van der Waals surface area contributed by atoms with Gasteiger partial charge in [0, 0.05) is 36.5 Å². The molecule has 1 aromatic carbocycles. The molecule has 0 fully saturated rings. The maximum Gasteiger partial charge on any atom is 0.404 e. The Bertz CT molecular complexity index is 1280. The molecule has 12 heteroatoms. The number of carbonyl (C=O) groups is 1. The molecule has 34 heavy (non-hydrogen) atoms. The first-order chi connectivity index (χ1) is 16.3. The van der Waals surface area contributed by atoms with Gasteiger partial charge in [0.1, 0.15) is 12.2 Å². The fourth-order valence-electron chi connectivity index (χ4n) is 3.35. The Balaban J connectivity index is 1.48. The zero-order valence-electron chi connectivity index (χ0n) is 19.5. The van der Waals surface area contributed by atoms with Crippen LogP contribution in [0.1, 0.15) is 6.42 Å². The first kappa shape index (κ1) is 23.5. The summed E-state index contributed by atoms with van der Waals surface area (Å²) >= 11 is 0. The van der Waals surface area contributed by atoms with Crippen LogP contribution in [0.4, 0.5) is 22.2 Å². The predicted octanol–water partition coefficient (Wildman–Crippen LogP) is 4.24. The highest BCUT2D eigenvalue weighted by Gasteiger charge is 2.14. The summed E-state index contributed by atoms with van der Waals surface area (Å²) in [6.07, 6.45) is 3.72. The summed E-state index contributed by atoms with van der Waals surface area (Å²) in [4.78, 5) is 19.7. The number of hydrogen-bond donors (Lipinski definition) is 4. The third-order valence-corrected chi connectivity index (χ3v) is 5.95. The standard InChI is InChI=1S/C22H29N7O4Si/c1-34(2,3)14-32-13-29-18-11-16(6-5-15(18)12-25-29)26-21-27-17-7-10-33-19(17)20(28-21)23-8-4-9-24-22(30)31/h5-7,10-12,24H,4,8-9,13-14H2,1-3H3,(H,30,31)(H2,23,26,27,28). The second-order valence-corrected chi connectivity index (χ2v) is 14.5. The average molecular weight is 484 g/mol. The van der Waals surface area contributed by atoms with Crippen molar-refractivity contribution in [1.29, 1.82) is 0 Å². The van der Waals surface area contributed by atoms with Crippen molar-refractivity contribution in [3.05, 3.63) is 36.7 Å². The van der Waals surface area contributed by atoms with Crippen LogP contribution in [0.2, 0.25) is 19.6 Å². The number of nitrogens with one attached hydrogen (secondary N) is 3. The fourth-order valence-corrected chi connectivity index (χ4v) is 4.05. The highest BCUT2D eigenvalue weighted by atomic mass is 28.3. The molecule has 0 radical (unpaired) electrons. The molecule has 0 spiro atoms. The van der Waals surface area contributed by atoms with Gasteiger partial charge in [-0.3, -0.25) is 0 Å². The van der Waals surface area contributed by atoms with Crippen LogP contribution in [0.15, 0.2) is 41.1 Å². The molecule has 3 heterocycles. The highest BCUT2D eigenvalue weighted by Crippen LogP contribution is 2.26. The summed E-state index contributed by atoms with van der Waals surface area (Å²) in [5, 5.41) is 23.0. The second-order valence-electron chi connectivity index (χ2n) is 9.12. The van der Waals surface area contributed by atoms with Crippen LogP contribution in [-0.2, 0) is 11.5 Å². The summed E-state index contributed by atoms with van der Waals surface area (Å²) < 4.78 is 13.3. The van der Waals surface area contributed by atoms with Crippen LogP contribution in [-0.4, -0.2) is 58.3 Å². The van der Waals surface area contributed by atoms with Crippen molar-refractivity contribution in [3.8, 4) is 0 Å². The largest absolute Gasteiger partial charge is 0.465 e. The van der Waals surface area contributed by atoms with Gasteiger partial charge in [0.15, 0.2) is 11.4 Å². The molecular formula is C22H29N7O4Si. The van der Waals surface area contributed by atoms with Crippen LogP contribution in [0.3, 0.4) is 0 Å². The van der Waals surface area contributed by atoms with Crippen LogP contribution in [0.25, 0.3) is 22.0 Å². The maximum atomic E-state index is 10.6. The van der Waals surface area contributed by atoms with Gasteiger partial charge >= 0.3 is 6.09 Å². The van der Waals surface area contributed by atoms with E-state index in [2.05, 4.69) is 50.7 Å². The molecule has 0 bridgehead atoms. The highest BCUT2D eigenvalue weighted by molar-refractivity contribution is 6.76. The van der Waals surface area contributed by atoms with Crippen LogP contribution >= 0.6 is 0 Å². The summed E-state index contributed by atoms with van der Waals surface area (Å²) in [6.45, 7) is 8.07. The van der Waals surface area contributed by atoms with Crippen molar-refractivity contribution < 1.29 is 19.1 Å². The molecule has 3 aromatic heterocycles. The quantitative estimate of drug-likeness (QED) is 0.182. The van der Waals surface area contributed by atoms with E-state index in [9.17, 15) is 4.79 Å². The summed E-state index contributed by atoms with van der Waals surface area (Å²) in [5.74, 6) is 0.958. The molecule has 11 nitrogen and oxygen atoms in total. The first-order valence-corrected chi connectivity index (χ1v) is 14.8. The second kappa shape index (κ2) is 10.1. The molecule has 180 valence electrons. The van der Waals surface area contributed by atoms with Gasteiger partial charge < -0.3 is 30.2 Å². The van der Waals surface area contributed by atoms with Crippen molar-refractivity contribution >= 4 is 53.6 Å². The summed E-state index contributed by atoms with van der Waals surface area (Å²) in [7, 11) is -1.30. The Morgan fingerprint density at radius 3 is 2.85 bits per heavy atom. The number of anilines is 3. The lowest BCUT2D eigenvalue weighted by Gasteiger charge is -2.16. The summed E-state index contributed by atoms with van der Waals surface area (Å²) in [5.41, 5.74) is 2.98. The van der Waals surface area contributed by atoms with E-state index in [1.807, 2.05) is 29.1 Å². The Kier molecular flexibility index (Phi) is 6.98. The summed E-state index contributed by atoms with van der Waals surface area (Å²) in [6, 6.07) is 7.71. The smallest absolute Gasteiger partial charge is 0.404 e. The number of fused-ring (bicyclic) bond motifs is 2. The molecule has 0 aliphatic carbocycles. The van der Waals surface area contributed by atoms with Gasteiger partial charge in [-0.15, -0.1) is 0 Å². The molecule has 0 unspecified atom stereocenters. The van der Waals surface area contributed by atoms with Crippen molar-refractivity contribution in [2.24, 2.45) is 0 Å². The van der Waals surface area contributed by atoms with Crippen LogP contribution in [0, 0.1) is 0 Å². The van der Waals surface area contributed by atoms with E-state index in [0.717, 1.165) is 22.8 Å². The van der Waals surface area contributed by atoms with Gasteiger partial charge in [0.2, 0.25) is 5.95 Å². The normalized spacial score (nSPS) is 11.7. The topological polar surface area (TPSA) is 139 Å². The van der Waals surface area contributed by atoms with Crippen molar-refractivity contribution in [2.45, 2.75) is 32.8 Å². The Hall–Kier alpha value is -3.64. The Morgan fingerprint density at radius 2 is 2.06 bits per heavy atom. The van der Waals surface area contributed by atoms with Gasteiger partial charge in [-0.05, 0) is 24.6 Å². The molecule has 0 saturated heterocycles. The monoisotopic (exact) mass is 483 g/mol. The average Bonchev–Trinajstić information content (AvgIpc) is 3.39. The van der Waals surface area contributed by atoms with Crippen molar-refractivity contribution in [3.63, 3.8) is 0 Å². The Labute approximate surface area is 197 Å². The van der Waals surface area contributed by atoms with Gasteiger partial charge in [-0.2, -0.15) is 10.1 Å². The Morgan fingerprint density at radius 1 is 1.21 bits per heavy atom. The minimum atomic E-state index is -1.30. The van der Waals surface area contributed by atoms with Crippen LogP contribution in [0.5, 0.6) is 0 Å². The lowest BCUT2D eigenvalue weighted by atomic mass is 10.2. The number of amides is 1. The number of carboxylic acid groups (broad SMARTS) is 1. The zero-order chi connectivity index (χ0) is 24.1. The lowest BCUT2D eigenvalue weighted by molar-refractivity contribution is 0.103. The minimum absolute atomic E-state index is 0.342. The number of hydrogen-bond acceptors (Lipinski definition) is 8. The van der Waals surface area contributed by atoms with E-state index in [1.54, 1.807) is 12.3 Å². The van der Waals surface area contributed by atoms with E-state index in [4.69, 9.17) is 14.3 Å².